The second-order valence-corrected chi connectivity index (χ2v) is 5.63. The van der Waals surface area contributed by atoms with E-state index in [2.05, 4.69) is 0 Å². The summed E-state index contributed by atoms with van der Waals surface area (Å²) in [4.78, 5) is 26.1. The Balaban J connectivity index is 2.00. The van der Waals surface area contributed by atoms with E-state index < -0.39 is 0 Å². The number of rotatable bonds is 1. The van der Waals surface area contributed by atoms with E-state index in [1.165, 1.54) is 4.90 Å². The van der Waals surface area contributed by atoms with Gasteiger partial charge in [0, 0.05) is 5.69 Å². The molecule has 0 radical (unpaired) electrons. The van der Waals surface area contributed by atoms with Crippen LogP contribution in [-0.2, 0) is 9.59 Å². The number of anilines is 2. The van der Waals surface area contributed by atoms with Crippen molar-refractivity contribution in [2.75, 3.05) is 10.6 Å². The van der Waals surface area contributed by atoms with Crippen molar-refractivity contribution in [2.24, 2.45) is 11.8 Å². The Bertz CT molecular complexity index is 534. The molecule has 0 bridgehead atoms. The summed E-state index contributed by atoms with van der Waals surface area (Å²) in [6, 6.07) is 4.87. The highest BCUT2D eigenvalue weighted by Gasteiger charge is 2.49. The molecule has 100 valence electrons. The summed E-state index contributed by atoms with van der Waals surface area (Å²) in [5, 5.41) is 0.348. The standard InChI is InChI=1S/C14H15ClN2O2/c15-11-7-8(16)5-6-12(11)17-13(18)9-3-1-2-4-10(9)14(17)19/h5-7,9-10H,1-4,16H2. The van der Waals surface area contributed by atoms with Crippen molar-refractivity contribution >= 4 is 34.8 Å². The first-order valence-electron chi connectivity index (χ1n) is 6.52. The second kappa shape index (κ2) is 4.53. The summed E-state index contributed by atoms with van der Waals surface area (Å²) in [6.07, 6.45) is 3.64. The Kier molecular flexibility index (Phi) is 2.97. The quantitative estimate of drug-likeness (QED) is 0.634. The number of nitrogens with zero attached hydrogens (tertiary/aromatic N) is 1. The van der Waals surface area contributed by atoms with Gasteiger partial charge in [-0.15, -0.1) is 0 Å². The van der Waals surface area contributed by atoms with Gasteiger partial charge in [-0.3, -0.25) is 9.59 Å². The Morgan fingerprint density at radius 1 is 1.11 bits per heavy atom. The van der Waals surface area contributed by atoms with Gasteiger partial charge in [0.1, 0.15) is 0 Å². The predicted octanol–water partition coefficient (Wildman–Crippen LogP) is 2.60. The van der Waals surface area contributed by atoms with E-state index in [-0.39, 0.29) is 23.7 Å². The van der Waals surface area contributed by atoms with E-state index in [0.29, 0.717) is 16.4 Å². The van der Waals surface area contributed by atoms with Crippen molar-refractivity contribution in [1.29, 1.82) is 0 Å². The van der Waals surface area contributed by atoms with Gasteiger partial charge in [0.2, 0.25) is 11.8 Å². The van der Waals surface area contributed by atoms with Crippen LogP contribution >= 0.6 is 11.6 Å². The van der Waals surface area contributed by atoms with Crippen molar-refractivity contribution < 1.29 is 9.59 Å². The van der Waals surface area contributed by atoms with Gasteiger partial charge >= 0.3 is 0 Å². The average Bonchev–Trinajstić information content (AvgIpc) is 2.64. The van der Waals surface area contributed by atoms with Gasteiger partial charge in [-0.25, -0.2) is 4.90 Å². The van der Waals surface area contributed by atoms with Gasteiger partial charge in [0.25, 0.3) is 0 Å². The van der Waals surface area contributed by atoms with Gasteiger partial charge in [-0.2, -0.15) is 0 Å². The minimum atomic E-state index is -0.158. The van der Waals surface area contributed by atoms with Crippen LogP contribution in [-0.4, -0.2) is 11.8 Å². The zero-order valence-electron chi connectivity index (χ0n) is 10.4. The van der Waals surface area contributed by atoms with Crippen LogP contribution in [0.2, 0.25) is 5.02 Å². The van der Waals surface area contributed by atoms with Crippen molar-refractivity contribution in [1.82, 2.24) is 0 Å². The molecule has 2 unspecified atom stereocenters. The van der Waals surface area contributed by atoms with Crippen molar-refractivity contribution in [3.63, 3.8) is 0 Å². The number of halogens is 1. The van der Waals surface area contributed by atoms with Crippen LogP contribution in [0.1, 0.15) is 25.7 Å². The largest absolute Gasteiger partial charge is 0.399 e. The van der Waals surface area contributed by atoms with E-state index in [0.717, 1.165) is 25.7 Å². The monoisotopic (exact) mass is 278 g/mol. The molecule has 0 spiro atoms. The molecule has 1 saturated carbocycles. The molecule has 2 fully saturated rings. The molecule has 3 rings (SSSR count). The van der Waals surface area contributed by atoms with E-state index >= 15 is 0 Å². The molecule has 1 aliphatic heterocycles. The summed E-state index contributed by atoms with van der Waals surface area (Å²) in [5.41, 5.74) is 6.62. The van der Waals surface area contributed by atoms with Crippen molar-refractivity contribution in [2.45, 2.75) is 25.7 Å². The lowest BCUT2D eigenvalue weighted by Crippen LogP contribution is -2.31. The summed E-state index contributed by atoms with van der Waals surface area (Å²) in [5.74, 6) is -0.535. The molecule has 2 amide bonds. The zero-order chi connectivity index (χ0) is 13.6. The van der Waals surface area contributed by atoms with Gasteiger partial charge in [0.05, 0.1) is 22.5 Å². The summed E-state index contributed by atoms with van der Waals surface area (Å²) in [7, 11) is 0. The minimum Gasteiger partial charge on any atom is -0.399 e. The van der Waals surface area contributed by atoms with Gasteiger partial charge < -0.3 is 5.73 Å². The number of imide groups is 1. The Labute approximate surface area is 116 Å². The highest BCUT2D eigenvalue weighted by molar-refractivity contribution is 6.36. The van der Waals surface area contributed by atoms with Gasteiger partial charge in [-0.05, 0) is 31.0 Å². The van der Waals surface area contributed by atoms with E-state index in [1.807, 2.05) is 0 Å². The number of benzene rings is 1. The summed E-state index contributed by atoms with van der Waals surface area (Å²) in [6.45, 7) is 0. The van der Waals surface area contributed by atoms with Crippen LogP contribution in [0.4, 0.5) is 11.4 Å². The lowest BCUT2D eigenvalue weighted by Gasteiger charge is -2.19. The maximum Gasteiger partial charge on any atom is 0.237 e. The Hall–Kier alpha value is -1.55. The molecule has 1 aliphatic carbocycles. The zero-order valence-corrected chi connectivity index (χ0v) is 11.2. The van der Waals surface area contributed by atoms with Crippen molar-refractivity contribution in [3.05, 3.63) is 23.2 Å². The number of hydrogen-bond donors (Lipinski definition) is 1. The predicted molar refractivity (Wildman–Crippen MR) is 73.8 cm³/mol. The topological polar surface area (TPSA) is 63.4 Å². The number of hydrogen-bond acceptors (Lipinski definition) is 3. The number of carbonyl (C=O) groups is 2. The Morgan fingerprint density at radius 2 is 1.68 bits per heavy atom. The SMILES string of the molecule is Nc1ccc(N2C(=O)C3CCCCC3C2=O)c(Cl)c1. The van der Waals surface area contributed by atoms with E-state index in [9.17, 15) is 9.59 Å². The highest BCUT2D eigenvalue weighted by atomic mass is 35.5. The number of fused-ring (bicyclic) bond motifs is 1. The van der Waals surface area contributed by atoms with E-state index in [4.69, 9.17) is 17.3 Å². The molecule has 1 heterocycles. The molecule has 1 aromatic rings. The summed E-state index contributed by atoms with van der Waals surface area (Å²) < 4.78 is 0. The van der Waals surface area contributed by atoms with Crippen LogP contribution in [0.3, 0.4) is 0 Å². The summed E-state index contributed by atoms with van der Waals surface area (Å²) >= 11 is 6.11. The van der Waals surface area contributed by atoms with Crippen LogP contribution in [0.5, 0.6) is 0 Å². The van der Waals surface area contributed by atoms with Crippen molar-refractivity contribution in [3.8, 4) is 0 Å². The number of amides is 2. The normalized spacial score (nSPS) is 26.7. The third-order valence-electron chi connectivity index (χ3n) is 4.05. The van der Waals surface area contributed by atoms with Crippen LogP contribution in [0.25, 0.3) is 0 Å². The Morgan fingerprint density at radius 3 is 2.21 bits per heavy atom. The fourth-order valence-electron chi connectivity index (χ4n) is 3.10. The van der Waals surface area contributed by atoms with Gasteiger partial charge in [0.15, 0.2) is 0 Å². The third kappa shape index (κ3) is 1.91. The molecule has 1 saturated heterocycles. The third-order valence-corrected chi connectivity index (χ3v) is 4.36. The molecule has 0 aromatic heterocycles. The molecule has 1 aromatic carbocycles. The average molecular weight is 279 g/mol. The van der Waals surface area contributed by atoms with Crippen LogP contribution in [0, 0.1) is 11.8 Å². The van der Waals surface area contributed by atoms with E-state index in [1.54, 1.807) is 18.2 Å². The lowest BCUT2D eigenvalue weighted by molar-refractivity contribution is -0.122. The van der Waals surface area contributed by atoms with Gasteiger partial charge in [-0.1, -0.05) is 24.4 Å². The first-order valence-corrected chi connectivity index (χ1v) is 6.90. The van der Waals surface area contributed by atoms with Crippen LogP contribution < -0.4 is 10.6 Å². The minimum absolute atomic E-state index is 0.110. The highest BCUT2D eigenvalue weighted by Crippen LogP contribution is 2.41. The second-order valence-electron chi connectivity index (χ2n) is 5.22. The molecule has 2 atom stereocenters. The molecule has 19 heavy (non-hydrogen) atoms. The lowest BCUT2D eigenvalue weighted by atomic mass is 9.81. The maximum atomic E-state index is 12.4. The smallest absolute Gasteiger partial charge is 0.237 e. The number of nitrogen functional groups attached to an aromatic ring is 1. The molecule has 2 N–H and O–H groups in total. The fourth-order valence-corrected chi connectivity index (χ4v) is 3.38. The first kappa shape index (κ1) is 12.5. The molecular formula is C14H15ClN2O2. The molecular weight excluding hydrogens is 264 g/mol. The first-order chi connectivity index (χ1) is 9.09. The molecule has 2 aliphatic rings. The molecule has 4 nitrogen and oxygen atoms in total. The molecule has 5 heteroatoms. The van der Waals surface area contributed by atoms with Crippen LogP contribution in [0.15, 0.2) is 18.2 Å². The fraction of sp³-hybridized carbons (Fsp3) is 0.429. The number of nitrogens with two attached hydrogens (primary N) is 1. The number of carbonyl (C=O) groups excluding carboxylic acids is 2. The maximum absolute atomic E-state index is 12.4.